The number of rotatable bonds is 9. The van der Waals surface area contributed by atoms with Gasteiger partial charge in [0.25, 0.3) is 0 Å². The Morgan fingerprint density at radius 1 is 0.978 bits per heavy atom. The molecule has 3 atom stereocenters. The third kappa shape index (κ3) is 6.84. The number of hydrogen-bond acceptors (Lipinski definition) is 5. The third-order valence-electron chi connectivity index (χ3n) is 8.75. The van der Waals surface area contributed by atoms with Gasteiger partial charge in [-0.15, -0.1) is 0 Å². The molecule has 4 aromatic carbocycles. The molecule has 0 aliphatic carbocycles. The Labute approximate surface area is 265 Å². The summed E-state index contributed by atoms with van der Waals surface area (Å²) in [4.78, 5) is 21.7. The van der Waals surface area contributed by atoms with Gasteiger partial charge < -0.3 is 26.1 Å². The molecule has 1 amide bonds. The Hall–Kier alpha value is -4.51. The highest BCUT2D eigenvalue weighted by molar-refractivity contribution is 5.96. The standard InChI is InChI=1S/C36H36F3N5O2/c1-20-16-30-31(17-21(20)2)43-35(42-30)32-19-46-26(18-41-32)14-15-27-28(39)4-3-5-29(27)44-36(45)34(40)33(22-6-10-24(37)11-7-22)23-8-12-25(38)13-9-23/h3-13,16-17,26,32-34,41H,14-15,18-19,40H2,1-2H3,(H,42,43)(H,44,45)/t26-,32+,34+/m1/s1. The first kappa shape index (κ1) is 31.5. The molecule has 46 heavy (non-hydrogen) atoms. The number of H-pyrrole nitrogens is 1. The van der Waals surface area contributed by atoms with E-state index in [-0.39, 0.29) is 12.1 Å². The van der Waals surface area contributed by atoms with Crippen molar-refractivity contribution in [1.29, 1.82) is 0 Å². The van der Waals surface area contributed by atoms with Crippen LogP contribution in [0.4, 0.5) is 18.9 Å². The number of carbonyl (C=O) groups excluding carboxylic acids is 1. The zero-order valence-electron chi connectivity index (χ0n) is 25.6. The summed E-state index contributed by atoms with van der Waals surface area (Å²) >= 11 is 0. The van der Waals surface area contributed by atoms with Crippen LogP contribution in [0.15, 0.2) is 78.9 Å². The van der Waals surface area contributed by atoms with Gasteiger partial charge in [-0.2, -0.15) is 0 Å². The van der Waals surface area contributed by atoms with Crippen LogP contribution in [-0.4, -0.2) is 41.2 Å². The number of aromatic amines is 1. The number of ether oxygens (including phenoxy) is 1. The number of halogens is 3. The highest BCUT2D eigenvalue weighted by Gasteiger charge is 2.29. The van der Waals surface area contributed by atoms with Crippen molar-refractivity contribution in [3.05, 3.63) is 130 Å². The van der Waals surface area contributed by atoms with Crippen LogP contribution in [0.2, 0.25) is 0 Å². The molecule has 5 N–H and O–H groups in total. The average molecular weight is 628 g/mol. The molecule has 0 saturated carbocycles. The lowest BCUT2D eigenvalue weighted by atomic mass is 9.85. The van der Waals surface area contributed by atoms with Gasteiger partial charge in [-0.1, -0.05) is 30.3 Å². The van der Waals surface area contributed by atoms with Crippen molar-refractivity contribution in [3.8, 4) is 0 Å². The number of nitrogens with zero attached hydrogens (tertiary/aromatic N) is 1. The summed E-state index contributed by atoms with van der Waals surface area (Å²) in [6, 6.07) is 18.7. The number of anilines is 1. The van der Waals surface area contributed by atoms with Crippen LogP contribution in [0, 0.1) is 31.3 Å². The van der Waals surface area contributed by atoms with Crippen LogP contribution in [0.5, 0.6) is 0 Å². The Morgan fingerprint density at radius 3 is 2.26 bits per heavy atom. The van der Waals surface area contributed by atoms with Gasteiger partial charge in [0.05, 0.1) is 35.8 Å². The lowest BCUT2D eigenvalue weighted by molar-refractivity contribution is -0.117. The van der Waals surface area contributed by atoms with Crippen LogP contribution in [0.1, 0.15) is 52.0 Å². The number of carbonyl (C=O) groups is 1. The zero-order chi connectivity index (χ0) is 32.4. The fourth-order valence-electron chi connectivity index (χ4n) is 5.99. The second kappa shape index (κ2) is 13.5. The summed E-state index contributed by atoms with van der Waals surface area (Å²) in [7, 11) is 0. The first-order chi connectivity index (χ1) is 22.2. The summed E-state index contributed by atoms with van der Waals surface area (Å²) in [6.45, 7) is 5.10. The number of hydrogen-bond donors (Lipinski definition) is 4. The quantitative estimate of drug-likeness (QED) is 0.152. The van der Waals surface area contributed by atoms with Crippen LogP contribution in [0.25, 0.3) is 11.0 Å². The van der Waals surface area contributed by atoms with Gasteiger partial charge >= 0.3 is 0 Å². The number of nitrogens with two attached hydrogens (primary N) is 1. The van der Waals surface area contributed by atoms with Crippen LogP contribution in [0.3, 0.4) is 0 Å². The van der Waals surface area contributed by atoms with Crippen LogP contribution in [-0.2, 0) is 16.0 Å². The monoisotopic (exact) mass is 627 g/mol. The molecular formula is C36H36F3N5O2. The third-order valence-corrected chi connectivity index (χ3v) is 8.75. The molecule has 1 fully saturated rings. The van der Waals surface area contributed by atoms with E-state index in [2.05, 4.69) is 41.6 Å². The number of aryl methyl sites for hydroxylation is 2. The minimum absolute atomic E-state index is 0.0933. The number of fused-ring (bicyclic) bond motifs is 1. The highest BCUT2D eigenvalue weighted by atomic mass is 19.1. The molecular weight excluding hydrogens is 591 g/mol. The van der Waals surface area contributed by atoms with E-state index in [1.54, 1.807) is 30.3 Å². The zero-order valence-corrected chi connectivity index (χ0v) is 25.6. The van der Waals surface area contributed by atoms with E-state index in [0.29, 0.717) is 48.4 Å². The minimum atomic E-state index is -1.14. The molecule has 1 aromatic heterocycles. The van der Waals surface area contributed by atoms with Crippen molar-refractivity contribution < 1.29 is 22.7 Å². The summed E-state index contributed by atoms with van der Waals surface area (Å²) in [5.74, 6) is -1.76. The normalized spacial score (nSPS) is 17.4. The van der Waals surface area contributed by atoms with Gasteiger partial charge in [-0.05, 0) is 97.5 Å². The van der Waals surface area contributed by atoms with Gasteiger partial charge in [0.1, 0.15) is 23.3 Å². The predicted molar refractivity (Wildman–Crippen MR) is 172 cm³/mol. The molecule has 1 aliphatic heterocycles. The van der Waals surface area contributed by atoms with E-state index in [1.807, 2.05) is 0 Å². The molecule has 0 bridgehead atoms. The summed E-state index contributed by atoms with van der Waals surface area (Å²) in [5, 5.41) is 6.30. The fourth-order valence-corrected chi connectivity index (χ4v) is 5.99. The van der Waals surface area contributed by atoms with E-state index in [1.165, 1.54) is 47.5 Å². The van der Waals surface area contributed by atoms with Gasteiger partial charge in [0.2, 0.25) is 5.91 Å². The number of nitrogens with one attached hydrogen (secondary N) is 3. The van der Waals surface area contributed by atoms with Gasteiger partial charge in [-0.25, -0.2) is 18.2 Å². The maximum absolute atomic E-state index is 15.1. The summed E-state index contributed by atoms with van der Waals surface area (Å²) in [5.41, 5.74) is 12.6. The molecule has 1 aliphatic rings. The van der Waals surface area contributed by atoms with Crippen molar-refractivity contribution >= 4 is 22.6 Å². The second-order valence-electron chi connectivity index (χ2n) is 11.9. The number of amides is 1. The highest BCUT2D eigenvalue weighted by Crippen LogP contribution is 2.30. The number of benzene rings is 4. The lowest BCUT2D eigenvalue weighted by Crippen LogP contribution is -2.42. The molecule has 5 aromatic rings. The van der Waals surface area contributed by atoms with Gasteiger partial charge in [0.15, 0.2) is 0 Å². The fraction of sp³-hybridized carbons (Fsp3) is 0.278. The molecule has 7 nitrogen and oxygen atoms in total. The van der Waals surface area contributed by atoms with Crippen molar-refractivity contribution in [2.24, 2.45) is 5.73 Å². The molecule has 0 radical (unpaired) electrons. The minimum Gasteiger partial charge on any atom is -0.375 e. The SMILES string of the molecule is Cc1cc2nc([C@@H]3CO[C@H](CCc4c(F)cccc4NC(=O)[C@@H](N)C(c4ccc(F)cc4)c4ccc(F)cc4)CN3)[nH]c2cc1C. The Morgan fingerprint density at radius 2 is 1.63 bits per heavy atom. The Kier molecular flexibility index (Phi) is 9.21. The van der Waals surface area contributed by atoms with Gasteiger partial charge in [0, 0.05) is 23.7 Å². The van der Waals surface area contributed by atoms with E-state index < -0.39 is 35.3 Å². The maximum atomic E-state index is 15.1. The molecule has 1 saturated heterocycles. The smallest absolute Gasteiger partial charge is 0.242 e. The van der Waals surface area contributed by atoms with Crippen molar-refractivity contribution in [1.82, 2.24) is 15.3 Å². The average Bonchev–Trinajstić information content (AvgIpc) is 3.45. The molecule has 6 rings (SSSR count). The van der Waals surface area contributed by atoms with E-state index in [9.17, 15) is 13.6 Å². The van der Waals surface area contributed by atoms with Crippen molar-refractivity contribution in [3.63, 3.8) is 0 Å². The van der Waals surface area contributed by atoms with Crippen LogP contribution >= 0.6 is 0 Å². The van der Waals surface area contributed by atoms with E-state index in [0.717, 1.165) is 16.9 Å². The molecule has 2 heterocycles. The van der Waals surface area contributed by atoms with Gasteiger partial charge in [-0.3, -0.25) is 4.79 Å². The number of aromatic nitrogens is 2. The number of imidazole rings is 1. The second-order valence-corrected chi connectivity index (χ2v) is 11.9. The summed E-state index contributed by atoms with van der Waals surface area (Å²) < 4.78 is 48.7. The van der Waals surface area contributed by atoms with E-state index >= 15 is 4.39 Å². The predicted octanol–water partition coefficient (Wildman–Crippen LogP) is 6.36. The van der Waals surface area contributed by atoms with Crippen molar-refractivity contribution in [2.75, 3.05) is 18.5 Å². The summed E-state index contributed by atoms with van der Waals surface area (Å²) in [6.07, 6.45) is 0.663. The van der Waals surface area contributed by atoms with Crippen molar-refractivity contribution in [2.45, 2.75) is 50.8 Å². The maximum Gasteiger partial charge on any atom is 0.242 e. The molecule has 10 heteroatoms. The molecule has 0 unspecified atom stereocenters. The Bertz CT molecular complexity index is 1750. The largest absolute Gasteiger partial charge is 0.375 e. The first-order valence-electron chi connectivity index (χ1n) is 15.3. The Balaban J connectivity index is 1.12. The molecule has 238 valence electrons. The first-order valence-corrected chi connectivity index (χ1v) is 15.3. The number of morpholine rings is 1. The van der Waals surface area contributed by atoms with Crippen LogP contribution < -0.4 is 16.4 Å². The lowest BCUT2D eigenvalue weighted by Gasteiger charge is -2.29. The topological polar surface area (TPSA) is 105 Å². The van der Waals surface area contributed by atoms with E-state index in [4.69, 9.17) is 15.5 Å². The molecule has 0 spiro atoms.